The number of imidazole rings is 1. The summed E-state index contributed by atoms with van der Waals surface area (Å²) in [7, 11) is -3.27. The van der Waals surface area contributed by atoms with E-state index in [2.05, 4.69) is 9.71 Å². The molecule has 2 aliphatic heterocycles. The molecule has 9 heteroatoms. The topological polar surface area (TPSA) is 87.5 Å². The van der Waals surface area contributed by atoms with E-state index in [9.17, 15) is 13.2 Å². The number of sulfonamides is 1. The normalized spacial score (nSPS) is 18.8. The van der Waals surface area contributed by atoms with E-state index in [1.54, 1.807) is 6.33 Å². The zero-order chi connectivity index (χ0) is 16.4. The maximum absolute atomic E-state index is 12.6. The first-order valence-electron chi connectivity index (χ1n) is 7.95. The van der Waals surface area contributed by atoms with Gasteiger partial charge in [-0.15, -0.1) is 0 Å². The van der Waals surface area contributed by atoms with Crippen molar-refractivity contribution in [1.29, 1.82) is 0 Å². The molecule has 128 valence electrons. The molecule has 0 radical (unpaired) electrons. The molecule has 3 heterocycles. The van der Waals surface area contributed by atoms with E-state index in [0.717, 1.165) is 57.4 Å². The van der Waals surface area contributed by atoms with Gasteiger partial charge in [-0.1, -0.05) is 0 Å². The number of aromatic nitrogens is 2. The fraction of sp³-hybridized carbons (Fsp3) is 0.714. The first-order chi connectivity index (χ1) is 10.9. The molecule has 0 atom stereocenters. The summed E-state index contributed by atoms with van der Waals surface area (Å²) in [5, 5.41) is 0. The Hall–Kier alpha value is -1.61. The molecule has 0 aliphatic carbocycles. The molecule has 3 rings (SSSR count). The van der Waals surface area contributed by atoms with Crippen LogP contribution in [0.4, 0.5) is 4.79 Å². The minimum absolute atomic E-state index is 0.0826. The van der Waals surface area contributed by atoms with Crippen LogP contribution in [0.3, 0.4) is 0 Å². The number of aryl methyl sites for hydroxylation is 1. The third kappa shape index (κ3) is 3.84. The maximum Gasteiger partial charge on any atom is 0.320 e. The van der Waals surface area contributed by atoms with Gasteiger partial charge >= 0.3 is 6.03 Å². The van der Waals surface area contributed by atoms with Gasteiger partial charge < -0.3 is 14.4 Å². The Labute approximate surface area is 136 Å². The number of likely N-dealkylation sites (tertiary alicyclic amines) is 1. The molecule has 1 aromatic heterocycles. The molecule has 0 bridgehead atoms. The Morgan fingerprint density at radius 2 is 1.87 bits per heavy atom. The molecule has 1 aromatic rings. The van der Waals surface area contributed by atoms with Gasteiger partial charge in [0.2, 0.25) is 10.0 Å². The second-order valence-corrected chi connectivity index (χ2v) is 8.01. The van der Waals surface area contributed by atoms with Crippen LogP contribution in [0.5, 0.6) is 0 Å². The van der Waals surface area contributed by atoms with Crippen LogP contribution in [0.1, 0.15) is 30.7 Å². The SMILES string of the molecule is CS(=O)(=O)NCc1ncn2c1CN(C(=O)N1CCCC1)CCC2. The average molecular weight is 341 g/mol. The Balaban J connectivity index is 1.75. The molecule has 1 saturated heterocycles. The molecular weight excluding hydrogens is 318 g/mol. The van der Waals surface area contributed by atoms with Crippen LogP contribution in [0.25, 0.3) is 0 Å². The van der Waals surface area contributed by atoms with Crippen molar-refractivity contribution in [2.45, 2.75) is 38.9 Å². The smallest absolute Gasteiger partial charge is 0.320 e. The fourth-order valence-electron chi connectivity index (χ4n) is 3.13. The zero-order valence-electron chi connectivity index (χ0n) is 13.4. The van der Waals surface area contributed by atoms with E-state index in [1.165, 1.54) is 0 Å². The lowest BCUT2D eigenvalue weighted by Gasteiger charge is -2.26. The standard InChI is InChI=1S/C14H23N5O3S/c1-23(21,22)16-9-12-13-10-18(7-4-8-19(13)11-15-12)14(20)17-5-2-3-6-17/h11,16H,2-10H2,1H3. The summed E-state index contributed by atoms with van der Waals surface area (Å²) in [6.07, 6.45) is 5.88. The molecule has 0 spiro atoms. The third-order valence-electron chi connectivity index (χ3n) is 4.35. The number of carbonyl (C=O) groups is 1. The molecular formula is C14H23N5O3S. The van der Waals surface area contributed by atoms with Crippen molar-refractivity contribution in [2.75, 3.05) is 25.9 Å². The van der Waals surface area contributed by atoms with Gasteiger partial charge in [-0.3, -0.25) is 0 Å². The lowest BCUT2D eigenvalue weighted by Crippen LogP contribution is -2.41. The lowest BCUT2D eigenvalue weighted by molar-refractivity contribution is 0.160. The van der Waals surface area contributed by atoms with Crippen LogP contribution in [0, 0.1) is 0 Å². The molecule has 23 heavy (non-hydrogen) atoms. The maximum atomic E-state index is 12.6. The summed E-state index contributed by atoms with van der Waals surface area (Å²) in [6, 6.07) is 0.0826. The predicted molar refractivity (Wildman–Crippen MR) is 85.1 cm³/mol. The Morgan fingerprint density at radius 1 is 1.17 bits per heavy atom. The number of fused-ring (bicyclic) bond motifs is 1. The van der Waals surface area contributed by atoms with Crippen molar-refractivity contribution in [3.05, 3.63) is 17.7 Å². The number of hydrogen-bond donors (Lipinski definition) is 1. The number of nitrogens with zero attached hydrogens (tertiary/aromatic N) is 4. The fourth-order valence-corrected chi connectivity index (χ4v) is 3.53. The van der Waals surface area contributed by atoms with Gasteiger partial charge in [0.15, 0.2) is 0 Å². The van der Waals surface area contributed by atoms with Gasteiger partial charge in [0.1, 0.15) is 0 Å². The highest BCUT2D eigenvalue weighted by molar-refractivity contribution is 7.88. The molecule has 1 fully saturated rings. The Morgan fingerprint density at radius 3 is 2.57 bits per heavy atom. The van der Waals surface area contributed by atoms with Crippen LogP contribution in [-0.2, 0) is 29.7 Å². The quantitative estimate of drug-likeness (QED) is 0.859. The highest BCUT2D eigenvalue weighted by atomic mass is 32.2. The van der Waals surface area contributed by atoms with Crippen molar-refractivity contribution in [3.63, 3.8) is 0 Å². The lowest BCUT2D eigenvalue weighted by atomic mass is 10.3. The number of carbonyl (C=O) groups excluding carboxylic acids is 1. The van der Waals surface area contributed by atoms with Crippen LogP contribution >= 0.6 is 0 Å². The molecule has 0 saturated carbocycles. The van der Waals surface area contributed by atoms with Gasteiger partial charge in [-0.2, -0.15) is 0 Å². The number of rotatable bonds is 3. The van der Waals surface area contributed by atoms with Crippen molar-refractivity contribution in [3.8, 4) is 0 Å². The summed E-state index contributed by atoms with van der Waals surface area (Å²) >= 11 is 0. The van der Waals surface area contributed by atoms with Gasteiger partial charge in [-0.25, -0.2) is 22.9 Å². The second kappa shape index (κ2) is 6.48. The van der Waals surface area contributed by atoms with E-state index in [4.69, 9.17) is 0 Å². The molecule has 2 amide bonds. The highest BCUT2D eigenvalue weighted by Crippen LogP contribution is 2.19. The summed E-state index contributed by atoms with van der Waals surface area (Å²) in [5.74, 6) is 0. The molecule has 0 aromatic carbocycles. The van der Waals surface area contributed by atoms with Crippen molar-refractivity contribution in [1.82, 2.24) is 24.1 Å². The van der Waals surface area contributed by atoms with E-state index in [0.29, 0.717) is 12.2 Å². The van der Waals surface area contributed by atoms with Gasteiger partial charge in [0.25, 0.3) is 0 Å². The number of nitrogens with one attached hydrogen (secondary N) is 1. The molecule has 2 aliphatic rings. The van der Waals surface area contributed by atoms with Gasteiger partial charge in [0.05, 0.1) is 37.1 Å². The largest absolute Gasteiger partial charge is 0.333 e. The first-order valence-corrected chi connectivity index (χ1v) is 9.84. The van der Waals surface area contributed by atoms with Crippen LogP contribution in [-0.4, -0.2) is 59.7 Å². The molecule has 8 nitrogen and oxygen atoms in total. The van der Waals surface area contributed by atoms with E-state index in [1.807, 2.05) is 14.4 Å². The number of amides is 2. The monoisotopic (exact) mass is 341 g/mol. The summed E-state index contributed by atoms with van der Waals surface area (Å²) in [4.78, 5) is 20.7. The highest BCUT2D eigenvalue weighted by Gasteiger charge is 2.27. The Bertz CT molecular complexity index is 679. The second-order valence-electron chi connectivity index (χ2n) is 6.18. The minimum Gasteiger partial charge on any atom is -0.333 e. The van der Waals surface area contributed by atoms with Crippen LogP contribution in [0.15, 0.2) is 6.33 Å². The predicted octanol–water partition coefficient (Wildman–Crippen LogP) is 0.354. The summed E-state index contributed by atoms with van der Waals surface area (Å²) in [6.45, 7) is 3.82. The van der Waals surface area contributed by atoms with E-state index in [-0.39, 0.29) is 12.6 Å². The van der Waals surface area contributed by atoms with Crippen LogP contribution < -0.4 is 4.72 Å². The molecule has 1 N–H and O–H groups in total. The number of hydrogen-bond acceptors (Lipinski definition) is 4. The summed E-state index contributed by atoms with van der Waals surface area (Å²) in [5.41, 5.74) is 1.61. The third-order valence-corrected chi connectivity index (χ3v) is 5.02. The van der Waals surface area contributed by atoms with Crippen LogP contribution in [0.2, 0.25) is 0 Å². The van der Waals surface area contributed by atoms with E-state index >= 15 is 0 Å². The first kappa shape index (κ1) is 16.3. The molecule has 0 unspecified atom stereocenters. The average Bonchev–Trinajstić information content (AvgIpc) is 3.09. The van der Waals surface area contributed by atoms with Crippen molar-refractivity contribution >= 4 is 16.1 Å². The van der Waals surface area contributed by atoms with E-state index < -0.39 is 10.0 Å². The van der Waals surface area contributed by atoms with Crippen molar-refractivity contribution < 1.29 is 13.2 Å². The number of urea groups is 1. The van der Waals surface area contributed by atoms with Gasteiger partial charge in [-0.05, 0) is 19.3 Å². The van der Waals surface area contributed by atoms with Crippen molar-refractivity contribution in [2.24, 2.45) is 0 Å². The minimum atomic E-state index is -3.27. The van der Waals surface area contributed by atoms with Gasteiger partial charge in [0, 0.05) is 26.2 Å². The zero-order valence-corrected chi connectivity index (χ0v) is 14.2. The summed E-state index contributed by atoms with van der Waals surface area (Å²) < 4.78 is 27.1. The Kier molecular flexibility index (Phi) is 4.58.